The average molecular weight is 196 g/mol. The van der Waals surface area contributed by atoms with Crippen LogP contribution in [0.4, 0.5) is 0 Å². The highest BCUT2D eigenvalue weighted by Gasteiger charge is 1.95. The van der Waals surface area contributed by atoms with Crippen LogP contribution in [0, 0.1) is 0 Å². The van der Waals surface area contributed by atoms with Crippen LogP contribution in [-0.2, 0) is 4.79 Å². The van der Waals surface area contributed by atoms with Crippen LogP contribution in [0.25, 0.3) is 0 Å². The molecule has 0 aromatic rings. The zero-order valence-corrected chi connectivity index (χ0v) is 9.12. The topological polar surface area (TPSA) is 37.3 Å². The van der Waals surface area contributed by atoms with Crippen LogP contribution in [0.1, 0.15) is 46.0 Å². The number of aliphatic carboxylic acids is 1. The van der Waals surface area contributed by atoms with E-state index >= 15 is 0 Å². The van der Waals surface area contributed by atoms with Crippen molar-refractivity contribution < 1.29 is 9.90 Å². The lowest BCUT2D eigenvalue weighted by Crippen LogP contribution is -1.94. The van der Waals surface area contributed by atoms with E-state index in [1.54, 1.807) is 13.0 Å². The predicted octanol–water partition coefficient (Wildman–Crippen LogP) is 3.54. The minimum Gasteiger partial charge on any atom is -0.478 e. The molecule has 0 aliphatic carbocycles. The van der Waals surface area contributed by atoms with E-state index < -0.39 is 5.97 Å². The van der Waals surface area contributed by atoms with Crippen molar-refractivity contribution in [1.29, 1.82) is 0 Å². The second kappa shape index (κ2) is 8.54. The summed E-state index contributed by atoms with van der Waals surface area (Å²) in [5.41, 5.74) is 0.384. The molecule has 0 bridgehead atoms. The number of hydrogen-bond donors (Lipinski definition) is 1. The molecule has 1 N–H and O–H groups in total. The van der Waals surface area contributed by atoms with Crippen molar-refractivity contribution in [3.63, 3.8) is 0 Å². The molecule has 0 spiro atoms. The first-order valence-electron chi connectivity index (χ1n) is 5.25. The minimum absolute atomic E-state index is 0.384. The highest BCUT2D eigenvalue weighted by atomic mass is 16.4. The van der Waals surface area contributed by atoms with Crippen molar-refractivity contribution in [3.8, 4) is 0 Å². The van der Waals surface area contributed by atoms with Crippen LogP contribution in [0.3, 0.4) is 0 Å². The molecule has 0 saturated heterocycles. The molecule has 2 heteroatoms. The second-order valence-corrected chi connectivity index (χ2v) is 3.43. The van der Waals surface area contributed by atoms with Crippen molar-refractivity contribution in [2.24, 2.45) is 0 Å². The summed E-state index contributed by atoms with van der Waals surface area (Å²) in [7, 11) is 0. The maximum atomic E-state index is 10.4. The fourth-order valence-electron chi connectivity index (χ4n) is 1.07. The summed E-state index contributed by atoms with van der Waals surface area (Å²) in [5, 5.41) is 8.55. The zero-order valence-electron chi connectivity index (χ0n) is 9.12. The van der Waals surface area contributed by atoms with Crippen LogP contribution in [0.5, 0.6) is 0 Å². The van der Waals surface area contributed by atoms with Crippen LogP contribution < -0.4 is 0 Å². The van der Waals surface area contributed by atoms with Crippen LogP contribution in [0.2, 0.25) is 0 Å². The predicted molar refractivity (Wildman–Crippen MR) is 59.3 cm³/mol. The van der Waals surface area contributed by atoms with Gasteiger partial charge in [0, 0.05) is 5.57 Å². The first-order valence-corrected chi connectivity index (χ1v) is 5.25. The molecule has 80 valence electrons. The van der Waals surface area contributed by atoms with E-state index in [2.05, 4.69) is 6.92 Å². The third-order valence-electron chi connectivity index (χ3n) is 2.04. The Bertz CT molecular complexity index is 214. The Morgan fingerprint density at radius 3 is 2.57 bits per heavy atom. The van der Waals surface area contributed by atoms with Gasteiger partial charge in [0.2, 0.25) is 0 Å². The minimum atomic E-state index is -0.847. The number of carboxylic acid groups (broad SMARTS) is 1. The number of hydrogen-bond acceptors (Lipinski definition) is 1. The van der Waals surface area contributed by atoms with Crippen molar-refractivity contribution in [2.75, 3.05) is 0 Å². The Kier molecular flexibility index (Phi) is 7.90. The van der Waals surface area contributed by atoms with Gasteiger partial charge in [-0.1, -0.05) is 44.4 Å². The maximum absolute atomic E-state index is 10.4. The van der Waals surface area contributed by atoms with Gasteiger partial charge in [-0.05, 0) is 19.8 Å². The number of allylic oxidation sites excluding steroid dienone is 3. The van der Waals surface area contributed by atoms with E-state index in [1.807, 2.05) is 12.2 Å². The van der Waals surface area contributed by atoms with Gasteiger partial charge in [0.25, 0.3) is 0 Å². The summed E-state index contributed by atoms with van der Waals surface area (Å²) < 4.78 is 0. The second-order valence-electron chi connectivity index (χ2n) is 3.43. The first kappa shape index (κ1) is 12.9. The molecule has 0 aliphatic heterocycles. The third kappa shape index (κ3) is 7.59. The highest BCUT2D eigenvalue weighted by molar-refractivity contribution is 5.86. The number of carboxylic acids is 1. The van der Waals surface area contributed by atoms with E-state index in [1.165, 1.54) is 25.7 Å². The molecule has 0 unspecified atom stereocenters. The molecule has 0 saturated carbocycles. The lowest BCUT2D eigenvalue weighted by Gasteiger charge is -1.93. The number of rotatable bonds is 7. The Hall–Kier alpha value is -1.05. The van der Waals surface area contributed by atoms with Gasteiger partial charge >= 0.3 is 5.97 Å². The number of carbonyl (C=O) groups is 1. The largest absolute Gasteiger partial charge is 0.478 e. The molecule has 0 heterocycles. The summed E-state index contributed by atoms with van der Waals surface area (Å²) >= 11 is 0. The SMILES string of the molecule is CCCCCCC=CC=C(C)C(=O)O. The van der Waals surface area contributed by atoms with Crippen molar-refractivity contribution in [3.05, 3.63) is 23.8 Å². The maximum Gasteiger partial charge on any atom is 0.331 e. The van der Waals surface area contributed by atoms with Crippen LogP contribution in [-0.4, -0.2) is 11.1 Å². The monoisotopic (exact) mass is 196 g/mol. The quantitative estimate of drug-likeness (QED) is 0.384. The van der Waals surface area contributed by atoms with Gasteiger partial charge < -0.3 is 5.11 Å². The number of unbranched alkanes of at least 4 members (excludes halogenated alkanes) is 4. The Labute approximate surface area is 86.3 Å². The molecule has 2 nitrogen and oxygen atoms in total. The summed E-state index contributed by atoms with van der Waals surface area (Å²) in [6.07, 6.45) is 11.6. The Morgan fingerprint density at radius 1 is 1.29 bits per heavy atom. The van der Waals surface area contributed by atoms with E-state index in [4.69, 9.17) is 5.11 Å². The molecule has 0 aromatic heterocycles. The van der Waals surface area contributed by atoms with Gasteiger partial charge in [0.1, 0.15) is 0 Å². The molecule has 0 aliphatic rings. The summed E-state index contributed by atoms with van der Waals surface area (Å²) in [6.45, 7) is 3.79. The van der Waals surface area contributed by atoms with E-state index in [9.17, 15) is 4.79 Å². The lowest BCUT2D eigenvalue weighted by molar-refractivity contribution is -0.132. The van der Waals surface area contributed by atoms with Gasteiger partial charge in [-0.25, -0.2) is 4.79 Å². The van der Waals surface area contributed by atoms with Crippen molar-refractivity contribution >= 4 is 5.97 Å². The lowest BCUT2D eigenvalue weighted by atomic mass is 10.1. The van der Waals surface area contributed by atoms with Gasteiger partial charge in [0.05, 0.1) is 0 Å². The summed E-state index contributed by atoms with van der Waals surface area (Å²) in [5.74, 6) is -0.847. The smallest absolute Gasteiger partial charge is 0.331 e. The molecule has 0 rings (SSSR count). The fraction of sp³-hybridized carbons (Fsp3) is 0.583. The Balaban J connectivity index is 3.53. The average Bonchev–Trinajstić information content (AvgIpc) is 2.16. The molecule has 0 aromatic carbocycles. The van der Waals surface area contributed by atoms with E-state index in [0.29, 0.717) is 5.57 Å². The van der Waals surface area contributed by atoms with Crippen molar-refractivity contribution in [2.45, 2.75) is 46.0 Å². The summed E-state index contributed by atoms with van der Waals surface area (Å²) in [6, 6.07) is 0. The standard InChI is InChI=1S/C12H20O2/c1-3-4-5-6-7-8-9-10-11(2)12(13)14/h8-10H,3-7H2,1-2H3,(H,13,14). The van der Waals surface area contributed by atoms with Gasteiger partial charge in [-0.3, -0.25) is 0 Å². The molecule has 0 amide bonds. The molecule has 0 radical (unpaired) electrons. The van der Waals surface area contributed by atoms with E-state index in [0.717, 1.165) is 6.42 Å². The third-order valence-corrected chi connectivity index (χ3v) is 2.04. The van der Waals surface area contributed by atoms with Gasteiger partial charge in [0.15, 0.2) is 0 Å². The normalized spacial score (nSPS) is 12.3. The van der Waals surface area contributed by atoms with Gasteiger partial charge in [-0.2, -0.15) is 0 Å². The van der Waals surface area contributed by atoms with Crippen molar-refractivity contribution in [1.82, 2.24) is 0 Å². The van der Waals surface area contributed by atoms with Crippen LogP contribution >= 0.6 is 0 Å². The summed E-state index contributed by atoms with van der Waals surface area (Å²) in [4.78, 5) is 10.4. The van der Waals surface area contributed by atoms with Gasteiger partial charge in [-0.15, -0.1) is 0 Å². The van der Waals surface area contributed by atoms with Crippen LogP contribution in [0.15, 0.2) is 23.8 Å². The highest BCUT2D eigenvalue weighted by Crippen LogP contribution is 2.03. The zero-order chi connectivity index (χ0) is 10.8. The van der Waals surface area contributed by atoms with E-state index in [-0.39, 0.29) is 0 Å². The first-order chi connectivity index (χ1) is 6.68. The molecular weight excluding hydrogens is 176 g/mol. The molecular formula is C12H20O2. The molecule has 14 heavy (non-hydrogen) atoms. The Morgan fingerprint density at radius 2 is 2.00 bits per heavy atom. The molecule has 0 atom stereocenters. The molecule has 0 fully saturated rings. The fourth-order valence-corrected chi connectivity index (χ4v) is 1.07.